The lowest BCUT2D eigenvalue weighted by molar-refractivity contribution is -0.116. The highest BCUT2D eigenvalue weighted by atomic mass is 32.1. The average molecular weight is 554 g/mol. The van der Waals surface area contributed by atoms with Crippen LogP contribution < -0.4 is 10.6 Å². The Bertz CT molecular complexity index is 1570. The van der Waals surface area contributed by atoms with E-state index in [2.05, 4.69) is 31.2 Å². The summed E-state index contributed by atoms with van der Waals surface area (Å²) in [4.78, 5) is 31.0. The van der Waals surface area contributed by atoms with E-state index in [4.69, 9.17) is 12.2 Å². The molecule has 0 saturated carbocycles. The largest absolute Gasteiger partial charge is 0.478 e. The van der Waals surface area contributed by atoms with Crippen LogP contribution in [0.2, 0.25) is 0 Å². The van der Waals surface area contributed by atoms with E-state index in [1.165, 1.54) is 0 Å². The monoisotopic (exact) mass is 553 g/mol. The number of nitrogens with zero attached hydrogens (tertiary/aromatic N) is 3. The van der Waals surface area contributed by atoms with Gasteiger partial charge in [0.25, 0.3) is 0 Å². The number of aryl methyl sites for hydroxylation is 2. The van der Waals surface area contributed by atoms with Crippen LogP contribution in [0.15, 0.2) is 79.0 Å². The summed E-state index contributed by atoms with van der Waals surface area (Å²) < 4.78 is 2.11. The first-order valence-electron chi connectivity index (χ1n) is 13.1. The van der Waals surface area contributed by atoms with Crippen LogP contribution in [0, 0.1) is 20.8 Å². The zero-order chi connectivity index (χ0) is 28.4. The predicted octanol–water partition coefficient (Wildman–Crippen LogP) is 5.50. The molecule has 0 unspecified atom stereocenters. The average Bonchev–Trinajstić information content (AvgIpc) is 3.42. The van der Waals surface area contributed by atoms with Crippen LogP contribution in [0.25, 0.3) is 5.69 Å². The van der Waals surface area contributed by atoms with Gasteiger partial charge >= 0.3 is 5.97 Å². The molecule has 5 rings (SSSR count). The van der Waals surface area contributed by atoms with Gasteiger partial charge in [0.05, 0.1) is 23.3 Å². The van der Waals surface area contributed by atoms with E-state index in [0.717, 1.165) is 39.6 Å². The molecule has 1 aliphatic rings. The van der Waals surface area contributed by atoms with E-state index in [1.54, 1.807) is 18.3 Å². The molecule has 3 heterocycles. The second-order valence-corrected chi connectivity index (χ2v) is 10.4. The van der Waals surface area contributed by atoms with Gasteiger partial charge in [-0.2, -0.15) is 0 Å². The Morgan fingerprint density at radius 3 is 2.48 bits per heavy atom. The Balaban J connectivity index is 1.47. The van der Waals surface area contributed by atoms with Crippen LogP contribution in [-0.4, -0.2) is 43.1 Å². The fourth-order valence-electron chi connectivity index (χ4n) is 5.39. The molecule has 4 aromatic rings. The van der Waals surface area contributed by atoms with Crippen molar-refractivity contribution in [3.05, 3.63) is 113 Å². The lowest BCUT2D eigenvalue weighted by Crippen LogP contribution is -2.32. The van der Waals surface area contributed by atoms with Crippen molar-refractivity contribution in [2.24, 2.45) is 0 Å². The van der Waals surface area contributed by atoms with Gasteiger partial charge in [0.15, 0.2) is 5.11 Å². The van der Waals surface area contributed by atoms with Gasteiger partial charge in [-0.1, -0.05) is 18.2 Å². The molecule has 1 fully saturated rings. The summed E-state index contributed by atoms with van der Waals surface area (Å²) in [7, 11) is 0. The van der Waals surface area contributed by atoms with Gasteiger partial charge in [0.1, 0.15) is 0 Å². The number of pyridine rings is 1. The third-order valence-electron chi connectivity index (χ3n) is 7.24. The number of carbonyl (C=O) groups is 2. The van der Waals surface area contributed by atoms with Crippen molar-refractivity contribution >= 4 is 34.9 Å². The molecule has 3 N–H and O–H groups in total. The molecule has 0 bridgehead atoms. The molecule has 8 nitrogen and oxygen atoms in total. The molecule has 2 atom stereocenters. The van der Waals surface area contributed by atoms with E-state index in [-0.39, 0.29) is 30.0 Å². The fourth-order valence-corrected chi connectivity index (χ4v) is 5.72. The Labute approximate surface area is 238 Å². The normalized spacial score (nSPS) is 16.6. The summed E-state index contributed by atoms with van der Waals surface area (Å²) in [5.74, 6) is -1.04. The van der Waals surface area contributed by atoms with Crippen LogP contribution in [-0.2, 0) is 4.79 Å². The van der Waals surface area contributed by atoms with Crippen LogP contribution in [0.3, 0.4) is 0 Å². The lowest BCUT2D eigenvalue weighted by atomic mass is 9.96. The summed E-state index contributed by atoms with van der Waals surface area (Å²) in [6, 6.07) is 22.1. The number of benzene rings is 2. The predicted molar refractivity (Wildman–Crippen MR) is 159 cm³/mol. The molecule has 0 radical (unpaired) electrons. The molecule has 1 amide bonds. The Morgan fingerprint density at radius 2 is 1.80 bits per heavy atom. The summed E-state index contributed by atoms with van der Waals surface area (Å²) in [6.45, 7) is 6.49. The number of amides is 1. The molecule has 0 aliphatic carbocycles. The number of rotatable bonds is 8. The molecule has 2 aromatic carbocycles. The number of carboxylic acids is 1. The van der Waals surface area contributed by atoms with Gasteiger partial charge in [-0.15, -0.1) is 0 Å². The summed E-state index contributed by atoms with van der Waals surface area (Å²) in [5, 5.41) is 16.3. The van der Waals surface area contributed by atoms with E-state index in [1.807, 2.05) is 75.4 Å². The van der Waals surface area contributed by atoms with Gasteiger partial charge in [-0.3, -0.25) is 9.78 Å². The second kappa shape index (κ2) is 11.3. The smallest absolute Gasteiger partial charge is 0.335 e. The van der Waals surface area contributed by atoms with Gasteiger partial charge in [0, 0.05) is 41.9 Å². The summed E-state index contributed by atoms with van der Waals surface area (Å²) in [6.07, 6.45) is 2.03. The second-order valence-electron chi connectivity index (χ2n) is 10.0. The zero-order valence-electron chi connectivity index (χ0n) is 22.6. The third kappa shape index (κ3) is 5.46. The maximum Gasteiger partial charge on any atom is 0.335 e. The first kappa shape index (κ1) is 27.1. The minimum atomic E-state index is -0.959. The molecule has 1 aliphatic heterocycles. The number of carbonyl (C=O) groups excluding carboxylic acids is 1. The van der Waals surface area contributed by atoms with Crippen molar-refractivity contribution < 1.29 is 14.7 Å². The Hall–Kier alpha value is -4.50. The van der Waals surface area contributed by atoms with Gasteiger partial charge in [0.2, 0.25) is 5.91 Å². The number of aromatic carboxylic acids is 1. The van der Waals surface area contributed by atoms with Crippen molar-refractivity contribution in [2.75, 3.05) is 11.9 Å². The van der Waals surface area contributed by atoms with E-state index < -0.39 is 5.97 Å². The number of anilines is 1. The number of carboxylic acid groups (broad SMARTS) is 1. The van der Waals surface area contributed by atoms with E-state index in [9.17, 15) is 14.7 Å². The maximum atomic E-state index is 12.9. The standard InChI is InChI=1S/C31H31N5O3S/c1-19-7-6-8-23(17-19)33-27(37)14-16-35-29(28(34-31(35)40)26-9-4-5-15-32-26)25-18-20(2)36(21(25)3)24-12-10-22(11-13-24)30(38)39/h4-13,15,17-18,28-29H,14,16H2,1-3H3,(H,33,37)(H,34,40)(H,38,39)/t28-,29-/m0/s1. The minimum absolute atomic E-state index is 0.0857. The molecular formula is C31H31N5O3S. The molecule has 0 spiro atoms. The third-order valence-corrected chi connectivity index (χ3v) is 7.59. The topological polar surface area (TPSA) is 99.5 Å². The van der Waals surface area contributed by atoms with E-state index in [0.29, 0.717) is 11.7 Å². The number of thiocarbonyl (C=S) groups is 1. The van der Waals surface area contributed by atoms with Gasteiger partial charge in [-0.05, 0) is 98.7 Å². The molecule has 40 heavy (non-hydrogen) atoms. The van der Waals surface area contributed by atoms with Gasteiger partial charge in [-0.25, -0.2) is 4.79 Å². The summed E-state index contributed by atoms with van der Waals surface area (Å²) in [5.41, 5.74) is 6.89. The SMILES string of the molecule is Cc1cccc(NC(=O)CCN2C(=S)N[C@@H](c3ccccn3)[C@@H]2c2cc(C)n(-c3ccc(C(=O)O)cc3)c2C)c1. The van der Waals surface area contributed by atoms with Crippen molar-refractivity contribution in [2.45, 2.75) is 39.3 Å². The van der Waals surface area contributed by atoms with Crippen LogP contribution in [0.4, 0.5) is 5.69 Å². The molecule has 204 valence electrons. The van der Waals surface area contributed by atoms with Crippen molar-refractivity contribution in [3.63, 3.8) is 0 Å². The van der Waals surface area contributed by atoms with Crippen LogP contribution >= 0.6 is 12.2 Å². The van der Waals surface area contributed by atoms with Gasteiger partial charge < -0.3 is 25.2 Å². The Kier molecular flexibility index (Phi) is 7.66. The highest BCUT2D eigenvalue weighted by molar-refractivity contribution is 7.80. The number of aromatic nitrogens is 2. The zero-order valence-corrected chi connectivity index (χ0v) is 23.4. The molecular weight excluding hydrogens is 522 g/mol. The Morgan fingerprint density at radius 1 is 1.02 bits per heavy atom. The summed E-state index contributed by atoms with van der Waals surface area (Å²) >= 11 is 5.80. The molecule has 2 aromatic heterocycles. The molecule has 1 saturated heterocycles. The highest BCUT2D eigenvalue weighted by Gasteiger charge is 2.41. The van der Waals surface area contributed by atoms with Crippen LogP contribution in [0.1, 0.15) is 57.1 Å². The number of hydrogen-bond acceptors (Lipinski definition) is 4. The number of nitrogens with one attached hydrogen (secondary N) is 2. The first-order chi connectivity index (χ1) is 19.2. The van der Waals surface area contributed by atoms with Crippen LogP contribution in [0.5, 0.6) is 0 Å². The minimum Gasteiger partial charge on any atom is -0.478 e. The maximum absolute atomic E-state index is 12.9. The quantitative estimate of drug-likeness (QED) is 0.248. The fraction of sp³-hybridized carbons (Fsp3) is 0.226. The van der Waals surface area contributed by atoms with Crippen molar-refractivity contribution in [1.82, 2.24) is 19.8 Å². The highest BCUT2D eigenvalue weighted by Crippen LogP contribution is 2.41. The van der Waals surface area contributed by atoms with Crippen molar-refractivity contribution in [1.29, 1.82) is 0 Å². The first-order valence-corrected chi connectivity index (χ1v) is 13.5. The number of hydrogen-bond donors (Lipinski definition) is 3. The lowest BCUT2D eigenvalue weighted by Gasteiger charge is -2.28. The van der Waals surface area contributed by atoms with E-state index >= 15 is 0 Å². The molecule has 9 heteroatoms. The van der Waals surface area contributed by atoms with Crippen molar-refractivity contribution in [3.8, 4) is 5.69 Å².